The van der Waals surface area contributed by atoms with Gasteiger partial charge in [0, 0.05) is 41.0 Å². The van der Waals surface area contributed by atoms with Gasteiger partial charge in [-0.1, -0.05) is 0 Å². The van der Waals surface area contributed by atoms with E-state index in [1.807, 2.05) is 0 Å². The van der Waals surface area contributed by atoms with Crippen LogP contribution in [0.25, 0.3) is 10.9 Å². The molecule has 3 rings (SSSR count). The highest BCUT2D eigenvalue weighted by atomic mass is 19.4. The van der Waals surface area contributed by atoms with E-state index in [9.17, 15) is 23.3 Å². The number of nitrogens with zero attached hydrogens (tertiary/aromatic N) is 2. The minimum atomic E-state index is -4.68. The number of hydrogen-bond acceptors (Lipinski definition) is 5. The first-order chi connectivity index (χ1) is 13.6. The molecule has 6 nitrogen and oxygen atoms in total. The first-order valence-electron chi connectivity index (χ1n) is 8.67. The second-order valence-corrected chi connectivity index (χ2v) is 6.63. The number of nitro benzene ring substituents is 1. The number of anilines is 1. The van der Waals surface area contributed by atoms with Crippen molar-refractivity contribution in [1.29, 1.82) is 0 Å². The Morgan fingerprint density at radius 3 is 2.52 bits per heavy atom. The second-order valence-electron chi connectivity index (χ2n) is 6.63. The van der Waals surface area contributed by atoms with Gasteiger partial charge in [-0.3, -0.25) is 15.1 Å². The number of hydrogen-bond donors (Lipinski definition) is 1. The fourth-order valence-electron chi connectivity index (χ4n) is 3.06. The van der Waals surface area contributed by atoms with E-state index in [1.54, 1.807) is 45.2 Å². The van der Waals surface area contributed by atoms with Crippen LogP contribution in [0.1, 0.15) is 29.8 Å². The van der Waals surface area contributed by atoms with E-state index >= 15 is 0 Å². The van der Waals surface area contributed by atoms with Crippen LogP contribution in [0.15, 0.2) is 42.5 Å². The molecule has 3 aromatic rings. The van der Waals surface area contributed by atoms with Crippen molar-refractivity contribution in [2.75, 3.05) is 12.4 Å². The molecule has 0 amide bonds. The van der Waals surface area contributed by atoms with E-state index < -0.39 is 28.4 Å². The van der Waals surface area contributed by atoms with Gasteiger partial charge < -0.3 is 10.1 Å². The average molecular weight is 405 g/mol. The van der Waals surface area contributed by atoms with Crippen molar-refractivity contribution < 1.29 is 22.8 Å². The molecule has 2 aromatic carbocycles. The van der Waals surface area contributed by atoms with Gasteiger partial charge in [0.2, 0.25) is 0 Å². The summed E-state index contributed by atoms with van der Waals surface area (Å²) in [7, 11) is 1.54. The first kappa shape index (κ1) is 20.4. The topological polar surface area (TPSA) is 77.3 Å². The Kier molecular flexibility index (Phi) is 5.32. The number of aromatic nitrogens is 1. The molecule has 0 aliphatic carbocycles. The highest BCUT2D eigenvalue weighted by Crippen LogP contribution is 2.35. The molecule has 1 atom stereocenters. The highest BCUT2D eigenvalue weighted by Gasteiger charge is 2.33. The Bertz CT molecular complexity index is 1080. The lowest BCUT2D eigenvalue weighted by Crippen LogP contribution is -2.12. The fraction of sp³-hybridized carbons (Fsp3) is 0.250. The lowest BCUT2D eigenvalue weighted by molar-refractivity contribution is -0.385. The number of ether oxygens (including phenoxy) is 1. The van der Waals surface area contributed by atoms with Crippen LogP contribution < -0.4 is 10.1 Å². The molecule has 152 valence electrons. The number of benzene rings is 2. The summed E-state index contributed by atoms with van der Waals surface area (Å²) < 4.78 is 44.7. The molecule has 0 saturated carbocycles. The van der Waals surface area contributed by atoms with E-state index in [-0.39, 0.29) is 5.56 Å². The number of pyridine rings is 1. The minimum absolute atomic E-state index is 0.155. The van der Waals surface area contributed by atoms with Crippen LogP contribution in [0.4, 0.5) is 24.5 Å². The van der Waals surface area contributed by atoms with Crippen molar-refractivity contribution >= 4 is 22.3 Å². The lowest BCUT2D eigenvalue weighted by Gasteiger charge is -2.19. The van der Waals surface area contributed by atoms with Gasteiger partial charge in [-0.15, -0.1) is 0 Å². The number of halogens is 3. The molecule has 0 spiro atoms. The molecule has 0 bridgehead atoms. The van der Waals surface area contributed by atoms with Crippen LogP contribution in [-0.2, 0) is 6.18 Å². The summed E-state index contributed by atoms with van der Waals surface area (Å²) in [4.78, 5) is 14.7. The van der Waals surface area contributed by atoms with Crippen molar-refractivity contribution in [3.05, 3.63) is 69.4 Å². The Morgan fingerprint density at radius 1 is 1.17 bits per heavy atom. The van der Waals surface area contributed by atoms with Gasteiger partial charge >= 0.3 is 6.18 Å². The van der Waals surface area contributed by atoms with Gasteiger partial charge in [-0.05, 0) is 43.7 Å². The molecule has 0 unspecified atom stereocenters. The first-order valence-corrected chi connectivity index (χ1v) is 8.67. The predicted molar refractivity (Wildman–Crippen MR) is 103 cm³/mol. The number of alkyl halides is 3. The number of non-ortho nitro benzene ring substituents is 1. The SMILES string of the molecule is COc1ccc2c(N[C@H](C)c3cc([N+](=O)[O-])cc(C(F)(F)F)c3)cc(C)nc2c1. The molecule has 0 aliphatic heterocycles. The fourth-order valence-corrected chi connectivity index (χ4v) is 3.06. The third-order valence-electron chi connectivity index (χ3n) is 4.50. The zero-order valence-corrected chi connectivity index (χ0v) is 15.9. The second kappa shape index (κ2) is 7.57. The van der Waals surface area contributed by atoms with Crippen LogP contribution in [0.5, 0.6) is 5.75 Å². The lowest BCUT2D eigenvalue weighted by atomic mass is 10.0. The molecule has 0 aliphatic rings. The monoisotopic (exact) mass is 405 g/mol. The Hall–Kier alpha value is -3.36. The van der Waals surface area contributed by atoms with E-state index in [0.717, 1.165) is 17.5 Å². The highest BCUT2D eigenvalue weighted by molar-refractivity contribution is 5.92. The molecule has 29 heavy (non-hydrogen) atoms. The molecule has 1 heterocycles. The zero-order chi connectivity index (χ0) is 21.3. The van der Waals surface area contributed by atoms with Crippen LogP contribution in [0.2, 0.25) is 0 Å². The molecular weight excluding hydrogens is 387 g/mol. The third-order valence-corrected chi connectivity index (χ3v) is 4.50. The van der Waals surface area contributed by atoms with E-state index in [1.165, 1.54) is 0 Å². The summed E-state index contributed by atoms with van der Waals surface area (Å²) in [6.45, 7) is 3.44. The van der Waals surface area contributed by atoms with Gasteiger partial charge in [0.05, 0.1) is 23.1 Å². The number of fused-ring (bicyclic) bond motifs is 1. The smallest absolute Gasteiger partial charge is 0.416 e. The quantitative estimate of drug-likeness (QED) is 0.438. The Morgan fingerprint density at radius 2 is 1.90 bits per heavy atom. The van der Waals surface area contributed by atoms with Gasteiger partial charge in [-0.25, -0.2) is 0 Å². The normalized spacial score (nSPS) is 12.6. The molecule has 0 fully saturated rings. The Labute approximate surface area is 164 Å². The zero-order valence-electron chi connectivity index (χ0n) is 15.9. The summed E-state index contributed by atoms with van der Waals surface area (Å²) in [6.07, 6.45) is -4.68. The standard InChI is InChI=1S/C20H18F3N3O3/c1-11-6-18(17-5-4-16(29-3)10-19(17)24-11)25-12(2)13-7-14(20(21,22)23)9-15(8-13)26(27)28/h4-10,12H,1-3H3,(H,24,25)/t12-/m1/s1. The van der Waals surface area contributed by atoms with Crippen LogP contribution in [0.3, 0.4) is 0 Å². The van der Waals surface area contributed by atoms with Crippen molar-refractivity contribution in [3.8, 4) is 5.75 Å². The number of aryl methyl sites for hydroxylation is 1. The number of nitrogens with one attached hydrogen (secondary N) is 1. The Balaban J connectivity index is 2.03. The van der Waals surface area contributed by atoms with Crippen molar-refractivity contribution in [3.63, 3.8) is 0 Å². The summed E-state index contributed by atoms with van der Waals surface area (Å²) in [5.74, 6) is 0.628. The van der Waals surface area contributed by atoms with Gasteiger partial charge in [0.15, 0.2) is 0 Å². The number of methoxy groups -OCH3 is 1. The van der Waals surface area contributed by atoms with E-state index in [2.05, 4.69) is 10.3 Å². The largest absolute Gasteiger partial charge is 0.497 e. The average Bonchev–Trinajstić information content (AvgIpc) is 2.66. The molecular formula is C20H18F3N3O3. The number of nitro groups is 1. The van der Waals surface area contributed by atoms with Crippen LogP contribution in [-0.4, -0.2) is 17.0 Å². The van der Waals surface area contributed by atoms with Crippen molar-refractivity contribution in [2.45, 2.75) is 26.1 Å². The molecule has 0 radical (unpaired) electrons. The third kappa shape index (κ3) is 4.39. The van der Waals surface area contributed by atoms with Crippen molar-refractivity contribution in [1.82, 2.24) is 4.98 Å². The maximum Gasteiger partial charge on any atom is 0.416 e. The molecule has 1 aromatic heterocycles. The summed E-state index contributed by atoms with van der Waals surface area (Å²) in [5, 5.41) is 15.0. The minimum Gasteiger partial charge on any atom is -0.497 e. The van der Waals surface area contributed by atoms with Gasteiger partial charge in [-0.2, -0.15) is 13.2 Å². The van der Waals surface area contributed by atoms with Crippen molar-refractivity contribution in [2.24, 2.45) is 0 Å². The predicted octanol–water partition coefficient (Wildman–Crippen LogP) is 5.65. The summed E-state index contributed by atoms with van der Waals surface area (Å²) >= 11 is 0. The van der Waals surface area contributed by atoms with E-state index in [0.29, 0.717) is 28.7 Å². The molecule has 1 N–H and O–H groups in total. The van der Waals surface area contributed by atoms with Crippen LogP contribution in [0, 0.1) is 17.0 Å². The van der Waals surface area contributed by atoms with Gasteiger partial charge in [0.1, 0.15) is 5.75 Å². The van der Waals surface area contributed by atoms with Crippen LogP contribution >= 0.6 is 0 Å². The van der Waals surface area contributed by atoms with Gasteiger partial charge in [0.25, 0.3) is 5.69 Å². The molecule has 9 heteroatoms. The summed E-state index contributed by atoms with van der Waals surface area (Å²) in [6, 6.07) is 9.06. The number of rotatable bonds is 5. The summed E-state index contributed by atoms with van der Waals surface area (Å²) in [5.41, 5.74) is 0.509. The van der Waals surface area contributed by atoms with E-state index in [4.69, 9.17) is 4.74 Å². The molecule has 0 saturated heterocycles. The maximum atomic E-state index is 13.2. The maximum absolute atomic E-state index is 13.2.